The van der Waals surface area contributed by atoms with Gasteiger partial charge < -0.3 is 14.6 Å². The van der Waals surface area contributed by atoms with Crippen LogP contribution in [0.3, 0.4) is 0 Å². The Morgan fingerprint density at radius 1 is 1.19 bits per heavy atom. The van der Waals surface area contributed by atoms with Gasteiger partial charge in [-0.15, -0.1) is 0 Å². The van der Waals surface area contributed by atoms with Crippen LogP contribution in [-0.2, 0) is 13.1 Å². The van der Waals surface area contributed by atoms with Crippen LogP contribution in [0.1, 0.15) is 36.0 Å². The van der Waals surface area contributed by atoms with E-state index in [4.69, 9.17) is 4.42 Å². The Balaban J connectivity index is 2.01. The lowest BCUT2D eigenvalue weighted by Gasteiger charge is -2.18. The molecule has 1 aromatic heterocycles. The second kappa shape index (κ2) is 7.32. The summed E-state index contributed by atoms with van der Waals surface area (Å²) in [6, 6.07) is 10.7. The van der Waals surface area contributed by atoms with Gasteiger partial charge in [-0.1, -0.05) is 19.1 Å². The van der Waals surface area contributed by atoms with Crippen LogP contribution in [0.4, 0.5) is 5.69 Å². The van der Waals surface area contributed by atoms with Gasteiger partial charge in [0.05, 0.1) is 13.1 Å². The Bertz CT molecular complexity index is 574. The molecule has 0 spiro atoms. The fourth-order valence-corrected chi connectivity index (χ4v) is 2.41. The molecule has 2 rings (SSSR count). The molecule has 0 aliphatic carbocycles. The van der Waals surface area contributed by atoms with E-state index in [1.807, 2.05) is 0 Å². The molecule has 0 aliphatic rings. The van der Waals surface area contributed by atoms with E-state index in [0.717, 1.165) is 37.6 Å². The fraction of sp³-hybridized carbons (Fsp3) is 0.444. The number of aryl methyl sites for hydroxylation is 2. The van der Waals surface area contributed by atoms with Gasteiger partial charge in [0, 0.05) is 12.7 Å². The van der Waals surface area contributed by atoms with Gasteiger partial charge in [-0.2, -0.15) is 0 Å². The second-order valence-electron chi connectivity index (χ2n) is 5.69. The van der Waals surface area contributed by atoms with Crippen molar-refractivity contribution >= 4 is 5.69 Å². The highest BCUT2D eigenvalue weighted by atomic mass is 16.3. The van der Waals surface area contributed by atoms with Crippen molar-refractivity contribution in [1.82, 2.24) is 5.32 Å². The van der Waals surface area contributed by atoms with E-state index in [9.17, 15) is 0 Å². The summed E-state index contributed by atoms with van der Waals surface area (Å²) in [5.74, 6) is 2.07. The quantitative estimate of drug-likeness (QED) is 0.779. The third-order valence-corrected chi connectivity index (χ3v) is 3.62. The number of anilines is 1. The van der Waals surface area contributed by atoms with E-state index in [1.54, 1.807) is 0 Å². The SMILES string of the molecule is CCCNCc1oc(CN(C)c2cccc(C)c2)cc1C. The summed E-state index contributed by atoms with van der Waals surface area (Å²) in [7, 11) is 2.10. The minimum Gasteiger partial charge on any atom is -0.463 e. The number of benzene rings is 1. The second-order valence-corrected chi connectivity index (χ2v) is 5.69. The molecule has 0 atom stereocenters. The first-order valence-corrected chi connectivity index (χ1v) is 7.67. The topological polar surface area (TPSA) is 28.4 Å². The molecule has 2 aromatic rings. The third-order valence-electron chi connectivity index (χ3n) is 3.62. The molecular formula is C18H26N2O. The largest absolute Gasteiger partial charge is 0.463 e. The first kappa shape index (κ1) is 15.6. The molecule has 3 heteroatoms. The monoisotopic (exact) mass is 286 g/mol. The van der Waals surface area contributed by atoms with Crippen LogP contribution >= 0.6 is 0 Å². The maximum atomic E-state index is 5.98. The van der Waals surface area contributed by atoms with Crippen molar-refractivity contribution in [1.29, 1.82) is 0 Å². The molecule has 0 radical (unpaired) electrons. The molecule has 0 saturated heterocycles. The summed E-state index contributed by atoms with van der Waals surface area (Å²) in [5, 5.41) is 3.39. The summed E-state index contributed by atoms with van der Waals surface area (Å²) < 4.78 is 5.98. The summed E-state index contributed by atoms with van der Waals surface area (Å²) in [6.07, 6.45) is 1.14. The number of hydrogen-bond donors (Lipinski definition) is 1. The molecule has 0 amide bonds. The third kappa shape index (κ3) is 4.36. The van der Waals surface area contributed by atoms with E-state index in [1.165, 1.54) is 16.8 Å². The highest BCUT2D eigenvalue weighted by Crippen LogP contribution is 2.20. The average molecular weight is 286 g/mol. The first-order valence-electron chi connectivity index (χ1n) is 7.67. The van der Waals surface area contributed by atoms with Crippen molar-refractivity contribution in [2.45, 2.75) is 40.3 Å². The van der Waals surface area contributed by atoms with E-state index in [2.05, 4.69) is 68.4 Å². The van der Waals surface area contributed by atoms with Crippen LogP contribution in [0.25, 0.3) is 0 Å². The Morgan fingerprint density at radius 2 is 2.00 bits per heavy atom. The predicted molar refractivity (Wildman–Crippen MR) is 88.7 cm³/mol. The van der Waals surface area contributed by atoms with Gasteiger partial charge in [0.15, 0.2) is 0 Å². The molecule has 114 valence electrons. The summed E-state index contributed by atoms with van der Waals surface area (Å²) in [6.45, 7) is 9.03. The van der Waals surface area contributed by atoms with Gasteiger partial charge in [0.1, 0.15) is 11.5 Å². The van der Waals surface area contributed by atoms with Crippen LogP contribution < -0.4 is 10.2 Å². The average Bonchev–Trinajstić information content (AvgIpc) is 2.79. The molecule has 0 fully saturated rings. The van der Waals surface area contributed by atoms with Crippen molar-refractivity contribution in [3.05, 3.63) is 53.0 Å². The summed E-state index contributed by atoms with van der Waals surface area (Å²) in [5.41, 5.74) is 3.72. The van der Waals surface area contributed by atoms with Gasteiger partial charge >= 0.3 is 0 Å². The molecular weight excluding hydrogens is 260 g/mol. The Morgan fingerprint density at radius 3 is 2.71 bits per heavy atom. The van der Waals surface area contributed by atoms with Crippen LogP contribution in [0.2, 0.25) is 0 Å². The smallest absolute Gasteiger partial charge is 0.123 e. The predicted octanol–water partition coefficient (Wildman–Crippen LogP) is 4.03. The molecule has 0 bridgehead atoms. The zero-order valence-electron chi connectivity index (χ0n) is 13.6. The van der Waals surface area contributed by atoms with Gasteiger partial charge in [-0.05, 0) is 56.1 Å². The fourth-order valence-electron chi connectivity index (χ4n) is 2.41. The normalized spacial score (nSPS) is 10.9. The number of nitrogens with zero attached hydrogens (tertiary/aromatic N) is 1. The Kier molecular flexibility index (Phi) is 5.45. The lowest BCUT2D eigenvalue weighted by molar-refractivity contribution is 0.444. The number of nitrogens with one attached hydrogen (secondary N) is 1. The minimum atomic E-state index is 0.790. The molecule has 1 N–H and O–H groups in total. The van der Waals surface area contributed by atoms with E-state index >= 15 is 0 Å². The van der Waals surface area contributed by atoms with Crippen LogP contribution in [-0.4, -0.2) is 13.6 Å². The molecule has 0 aliphatic heterocycles. The molecule has 1 aromatic carbocycles. The summed E-state index contributed by atoms with van der Waals surface area (Å²) >= 11 is 0. The van der Waals surface area contributed by atoms with Crippen molar-refractivity contribution in [2.75, 3.05) is 18.5 Å². The van der Waals surface area contributed by atoms with E-state index in [-0.39, 0.29) is 0 Å². The van der Waals surface area contributed by atoms with Crippen molar-refractivity contribution in [2.24, 2.45) is 0 Å². The van der Waals surface area contributed by atoms with Gasteiger partial charge in [0.2, 0.25) is 0 Å². The van der Waals surface area contributed by atoms with Crippen LogP contribution in [0.15, 0.2) is 34.7 Å². The van der Waals surface area contributed by atoms with Gasteiger partial charge in [0.25, 0.3) is 0 Å². The number of furan rings is 1. The molecule has 0 saturated carbocycles. The zero-order valence-corrected chi connectivity index (χ0v) is 13.6. The molecule has 0 unspecified atom stereocenters. The van der Waals surface area contributed by atoms with Crippen molar-refractivity contribution < 1.29 is 4.42 Å². The van der Waals surface area contributed by atoms with Crippen molar-refractivity contribution in [3.8, 4) is 0 Å². The highest BCUT2D eigenvalue weighted by Gasteiger charge is 2.10. The van der Waals surface area contributed by atoms with Crippen LogP contribution in [0.5, 0.6) is 0 Å². The van der Waals surface area contributed by atoms with E-state index in [0.29, 0.717) is 0 Å². The van der Waals surface area contributed by atoms with Crippen molar-refractivity contribution in [3.63, 3.8) is 0 Å². The maximum absolute atomic E-state index is 5.98. The number of rotatable bonds is 7. The van der Waals surface area contributed by atoms with Gasteiger partial charge in [-0.3, -0.25) is 0 Å². The highest BCUT2D eigenvalue weighted by molar-refractivity contribution is 5.47. The minimum absolute atomic E-state index is 0.790. The number of hydrogen-bond acceptors (Lipinski definition) is 3. The van der Waals surface area contributed by atoms with E-state index < -0.39 is 0 Å². The first-order chi connectivity index (χ1) is 10.1. The lowest BCUT2D eigenvalue weighted by atomic mass is 10.2. The molecule has 1 heterocycles. The Labute approximate surface area is 128 Å². The lowest BCUT2D eigenvalue weighted by Crippen LogP contribution is -2.16. The maximum Gasteiger partial charge on any atom is 0.123 e. The van der Waals surface area contributed by atoms with Gasteiger partial charge in [-0.25, -0.2) is 0 Å². The summed E-state index contributed by atoms with van der Waals surface area (Å²) in [4.78, 5) is 2.22. The molecule has 21 heavy (non-hydrogen) atoms. The Hall–Kier alpha value is -1.74. The molecule has 3 nitrogen and oxygen atoms in total. The standard InChI is InChI=1S/C18H26N2O/c1-5-9-19-12-18-15(3)11-17(21-18)13-20(4)16-8-6-7-14(2)10-16/h6-8,10-11,19H,5,9,12-13H2,1-4H3. The van der Waals surface area contributed by atoms with Crippen LogP contribution in [0, 0.1) is 13.8 Å². The zero-order chi connectivity index (χ0) is 15.2.